The molecule has 0 N–H and O–H groups in total. The van der Waals surface area contributed by atoms with E-state index in [0.717, 1.165) is 73.7 Å². The molecule has 2 aliphatic carbocycles. The predicted octanol–water partition coefficient (Wildman–Crippen LogP) is 11.7. The predicted molar refractivity (Wildman–Crippen MR) is 306 cm³/mol. The van der Waals surface area contributed by atoms with Crippen molar-refractivity contribution in [3.63, 3.8) is 0 Å². The van der Waals surface area contributed by atoms with E-state index in [0.29, 0.717) is 111 Å². The van der Waals surface area contributed by atoms with Crippen LogP contribution in [0, 0.1) is 36.0 Å². The van der Waals surface area contributed by atoms with Crippen LogP contribution in [0.2, 0.25) is 0 Å². The first-order valence-electron chi connectivity index (χ1n) is 27.6. The fourth-order valence-electron chi connectivity index (χ4n) is 9.22. The quantitative estimate of drug-likeness (QED) is 0.00797. The SMILES string of the molecule is C#CCN(/N=C/c1cc(OC(=O)[C@H]2CC[C@H](C(=O)Oc3ccc(OCCCCCCOC(=O)C=C)cc3)CC2)ccc1OC(=O)[C@H]1CC[C@H](C(=O)Oc2ccc(OCCCCCCOC(=O)C=C)cc2)CC1)c1nc2ccccc2s1. The Balaban J connectivity index is 0.888. The lowest BCUT2D eigenvalue weighted by Crippen LogP contribution is -2.30. The monoisotopic (exact) mass is 1120 g/mol. The van der Waals surface area contributed by atoms with E-state index in [9.17, 15) is 28.8 Å². The zero-order valence-electron chi connectivity index (χ0n) is 45.5. The molecular weight excluding hydrogens is 1050 g/mol. The Morgan fingerprint density at radius 1 is 0.556 bits per heavy atom. The molecule has 4 aromatic carbocycles. The van der Waals surface area contributed by atoms with E-state index >= 15 is 0 Å². The van der Waals surface area contributed by atoms with Crippen molar-refractivity contribution >= 4 is 68.7 Å². The number of anilines is 1. The third-order valence-electron chi connectivity index (χ3n) is 13.8. The zero-order valence-corrected chi connectivity index (χ0v) is 46.3. The highest BCUT2D eigenvalue weighted by Gasteiger charge is 2.34. The summed E-state index contributed by atoms with van der Waals surface area (Å²) < 4.78 is 46.0. The molecule has 0 saturated heterocycles. The molecule has 18 heteroatoms. The van der Waals surface area contributed by atoms with Gasteiger partial charge >= 0.3 is 35.8 Å². The molecule has 7 rings (SSSR count). The van der Waals surface area contributed by atoms with E-state index in [1.54, 1.807) is 71.7 Å². The summed E-state index contributed by atoms with van der Waals surface area (Å²) in [5.41, 5.74) is 1.13. The number of nitrogens with zero attached hydrogens (tertiary/aromatic N) is 3. The Labute approximate surface area is 476 Å². The number of hydrogen-bond donors (Lipinski definition) is 0. The van der Waals surface area contributed by atoms with Gasteiger partial charge in [0.1, 0.15) is 41.0 Å². The maximum atomic E-state index is 13.8. The van der Waals surface area contributed by atoms with Crippen LogP contribution in [0.3, 0.4) is 0 Å². The average Bonchev–Trinajstić information content (AvgIpc) is 3.97. The van der Waals surface area contributed by atoms with Crippen molar-refractivity contribution in [2.24, 2.45) is 28.8 Å². The molecule has 0 aliphatic heterocycles. The number of carbonyl (C=O) groups excluding carboxylic acids is 6. The van der Waals surface area contributed by atoms with Gasteiger partial charge in [-0.1, -0.05) is 42.5 Å². The minimum absolute atomic E-state index is 0.0897. The first-order valence-corrected chi connectivity index (χ1v) is 28.5. The van der Waals surface area contributed by atoms with Crippen molar-refractivity contribution in [3.8, 4) is 46.8 Å². The van der Waals surface area contributed by atoms with E-state index in [1.807, 2.05) is 24.3 Å². The standard InChI is InChI=1S/C63H69N3O14S/c1-4-37-66(63-65-54-17-11-12-18-56(54)81-63)64-43-48-42-53(79-61(71)46-21-19-44(20-22-46)59(69)77-51-31-27-49(28-32-51)73-38-13-7-9-15-40-75-57(67)5-2)35-36-55(48)80-62(72)47-25-23-45(24-26-47)60(70)78-52-33-29-50(30-34-52)74-39-14-8-10-16-41-76-58(68)6-3/h1,5-6,11-12,17-18,27-36,42-47H,2-3,7-10,13-16,19-26,37-41H2/b64-43+/t44-,45-,46-,47-. The molecule has 17 nitrogen and oxygen atoms in total. The molecule has 0 spiro atoms. The molecule has 426 valence electrons. The van der Waals surface area contributed by atoms with Gasteiger partial charge in [0.15, 0.2) is 0 Å². The smallest absolute Gasteiger partial charge is 0.330 e. The molecule has 0 amide bonds. The van der Waals surface area contributed by atoms with Gasteiger partial charge in [0, 0.05) is 17.7 Å². The second-order valence-electron chi connectivity index (χ2n) is 19.7. The number of unbranched alkanes of at least 4 members (excludes halogenated alkanes) is 6. The number of rotatable bonds is 30. The van der Waals surface area contributed by atoms with Gasteiger partial charge in [-0.05, 0) is 182 Å². The van der Waals surface area contributed by atoms with Crippen LogP contribution >= 0.6 is 11.3 Å². The highest BCUT2D eigenvalue weighted by atomic mass is 32.1. The topological polar surface area (TPSA) is 205 Å². The number of para-hydroxylation sites is 1. The van der Waals surface area contributed by atoms with Crippen molar-refractivity contribution in [1.82, 2.24) is 4.98 Å². The van der Waals surface area contributed by atoms with Crippen LogP contribution in [0.25, 0.3) is 10.2 Å². The molecule has 81 heavy (non-hydrogen) atoms. The summed E-state index contributed by atoms with van der Waals surface area (Å²) in [6.07, 6.45) is 19.9. The van der Waals surface area contributed by atoms with Crippen LogP contribution in [0.1, 0.15) is 108 Å². The molecule has 2 fully saturated rings. The number of thiazole rings is 1. The van der Waals surface area contributed by atoms with Gasteiger partial charge in [0.05, 0.1) is 66.5 Å². The molecule has 1 heterocycles. The van der Waals surface area contributed by atoms with Gasteiger partial charge in [0.2, 0.25) is 5.13 Å². The minimum Gasteiger partial charge on any atom is -0.494 e. The van der Waals surface area contributed by atoms with E-state index in [-0.39, 0.29) is 35.9 Å². The van der Waals surface area contributed by atoms with Crippen LogP contribution in [0.4, 0.5) is 5.13 Å². The third kappa shape index (κ3) is 19.5. The zero-order chi connectivity index (χ0) is 57.2. The molecule has 5 aromatic rings. The Morgan fingerprint density at radius 2 is 0.975 bits per heavy atom. The lowest BCUT2D eigenvalue weighted by molar-refractivity contribution is -0.145. The number of ether oxygens (including phenoxy) is 8. The molecule has 0 radical (unpaired) electrons. The summed E-state index contributed by atoms with van der Waals surface area (Å²) in [4.78, 5) is 80.9. The van der Waals surface area contributed by atoms with Gasteiger partial charge < -0.3 is 37.9 Å². The van der Waals surface area contributed by atoms with E-state index in [2.05, 4.69) is 24.2 Å². The van der Waals surface area contributed by atoms with Gasteiger partial charge in [-0.3, -0.25) is 19.2 Å². The van der Waals surface area contributed by atoms with Crippen LogP contribution in [0.15, 0.2) is 121 Å². The number of benzene rings is 4. The fourth-order valence-corrected chi connectivity index (χ4v) is 10.1. The van der Waals surface area contributed by atoms with Crippen molar-refractivity contribution in [2.75, 3.05) is 38.0 Å². The molecule has 0 unspecified atom stereocenters. The summed E-state index contributed by atoms with van der Waals surface area (Å²) in [6.45, 7) is 8.64. The molecular formula is C63H69N3O14S. The van der Waals surface area contributed by atoms with Crippen LogP contribution < -0.4 is 33.4 Å². The van der Waals surface area contributed by atoms with Crippen molar-refractivity contribution in [2.45, 2.75) is 103 Å². The normalized spacial score (nSPS) is 16.7. The maximum absolute atomic E-state index is 13.8. The third-order valence-corrected chi connectivity index (χ3v) is 14.8. The minimum atomic E-state index is -0.488. The van der Waals surface area contributed by atoms with E-state index in [4.69, 9.17) is 49.3 Å². The first-order chi connectivity index (χ1) is 39.5. The average molecular weight is 1120 g/mol. The number of hydrogen-bond acceptors (Lipinski definition) is 18. The second kappa shape index (κ2) is 32.1. The van der Waals surface area contributed by atoms with Gasteiger partial charge in [0.25, 0.3) is 0 Å². The molecule has 2 aliphatic rings. The van der Waals surface area contributed by atoms with Crippen molar-refractivity contribution in [1.29, 1.82) is 0 Å². The Morgan fingerprint density at radius 3 is 1.43 bits per heavy atom. The second-order valence-corrected chi connectivity index (χ2v) is 20.7. The Hall–Kier alpha value is -8.30. The first kappa shape index (κ1) is 60.3. The summed E-state index contributed by atoms with van der Waals surface area (Å²) >= 11 is 1.42. The Bertz CT molecular complexity index is 2950. The largest absolute Gasteiger partial charge is 0.494 e. The number of carbonyl (C=O) groups is 6. The van der Waals surface area contributed by atoms with Crippen LogP contribution in [0.5, 0.6) is 34.5 Å². The highest BCUT2D eigenvalue weighted by Crippen LogP contribution is 2.36. The lowest BCUT2D eigenvalue weighted by atomic mass is 9.82. The number of aromatic nitrogens is 1. The summed E-state index contributed by atoms with van der Waals surface area (Å²) in [5.74, 6) is 0.894. The van der Waals surface area contributed by atoms with E-state index < -0.39 is 41.6 Å². The molecule has 1 aromatic heterocycles. The van der Waals surface area contributed by atoms with E-state index in [1.165, 1.54) is 17.6 Å². The molecule has 0 atom stereocenters. The summed E-state index contributed by atoms with van der Waals surface area (Å²) in [5, 5.41) is 6.80. The number of terminal acetylenes is 1. The summed E-state index contributed by atoms with van der Waals surface area (Å²) in [6, 6.07) is 26.1. The number of hydrazone groups is 1. The highest BCUT2D eigenvalue weighted by molar-refractivity contribution is 7.22. The van der Waals surface area contributed by atoms with Crippen molar-refractivity contribution < 1.29 is 66.7 Å². The lowest BCUT2D eigenvalue weighted by Gasteiger charge is -2.26. The van der Waals surface area contributed by atoms with Crippen LogP contribution in [-0.2, 0) is 38.2 Å². The van der Waals surface area contributed by atoms with Gasteiger partial charge in [-0.25, -0.2) is 19.6 Å². The van der Waals surface area contributed by atoms with Gasteiger partial charge in [-0.15, -0.1) is 6.42 Å². The summed E-state index contributed by atoms with van der Waals surface area (Å²) in [7, 11) is 0. The van der Waals surface area contributed by atoms with Crippen LogP contribution in [-0.4, -0.2) is 80.0 Å². The molecule has 0 bridgehead atoms. The van der Waals surface area contributed by atoms with Gasteiger partial charge in [-0.2, -0.15) is 5.10 Å². The fraction of sp³-hybridized carbons (Fsp3) is 0.397. The number of fused-ring (bicyclic) bond motifs is 1. The molecule has 2 saturated carbocycles. The Kier molecular flexibility index (Phi) is 23.9. The van der Waals surface area contributed by atoms with Crippen molar-refractivity contribution in [3.05, 3.63) is 122 Å². The number of esters is 6. The maximum Gasteiger partial charge on any atom is 0.330 e.